The highest BCUT2D eigenvalue weighted by atomic mass is 79.9. The number of aromatic nitrogens is 2. The molecule has 4 aromatic rings. The van der Waals surface area contributed by atoms with Crippen molar-refractivity contribution in [3.63, 3.8) is 0 Å². The molecule has 9 heteroatoms. The minimum Gasteiger partial charge on any atom is -0.493 e. The molecule has 0 atom stereocenters. The molecule has 0 radical (unpaired) electrons. The van der Waals surface area contributed by atoms with Crippen LogP contribution in [0.15, 0.2) is 59.2 Å². The Morgan fingerprint density at radius 1 is 1.03 bits per heavy atom. The third kappa shape index (κ3) is 4.71. The Morgan fingerprint density at radius 3 is 2.70 bits per heavy atom. The van der Waals surface area contributed by atoms with Gasteiger partial charge in [-0.25, -0.2) is 9.78 Å². The molecule has 0 amide bonds. The number of fused-ring (bicyclic) bond motifs is 2. The van der Waals surface area contributed by atoms with Crippen molar-refractivity contribution in [2.45, 2.75) is 38.1 Å². The molecule has 0 saturated heterocycles. The zero-order valence-electron chi connectivity index (χ0n) is 20.3. The fraction of sp³-hybridized carbons (Fsp3) is 0.286. The van der Waals surface area contributed by atoms with E-state index in [0.29, 0.717) is 34.6 Å². The van der Waals surface area contributed by atoms with Crippen LogP contribution in [0.3, 0.4) is 0 Å². The molecule has 1 N–H and O–H groups in total. The smallest absolute Gasteiger partial charge is 0.343 e. The summed E-state index contributed by atoms with van der Waals surface area (Å²) in [5.41, 5.74) is 2.88. The molecular weight excluding hydrogens is 538 g/mol. The number of hydrogen-bond acceptors (Lipinski definition) is 7. The molecule has 8 nitrogen and oxygen atoms in total. The molecule has 0 bridgehead atoms. The van der Waals surface area contributed by atoms with Crippen LogP contribution < -0.4 is 24.3 Å². The second-order valence-electron chi connectivity index (χ2n) is 9.19. The van der Waals surface area contributed by atoms with E-state index in [2.05, 4.69) is 25.6 Å². The number of halogens is 1. The molecule has 0 unspecified atom stereocenters. The van der Waals surface area contributed by atoms with Gasteiger partial charge in [-0.2, -0.15) is 0 Å². The molecule has 3 heterocycles. The normalized spacial score (nSPS) is 15.1. The number of esters is 1. The number of anilines is 1. The number of pyridine rings is 1. The number of carbonyl (C=O) groups is 1. The molecule has 1 aliphatic carbocycles. The average Bonchev–Trinajstić information content (AvgIpc) is 3.53. The molecule has 2 aliphatic rings. The quantitative estimate of drug-likeness (QED) is 0.213. The largest absolute Gasteiger partial charge is 0.493 e. The minimum absolute atomic E-state index is 0.140. The zero-order valence-corrected chi connectivity index (χ0v) is 21.9. The van der Waals surface area contributed by atoms with E-state index in [1.165, 1.54) is 19.3 Å². The molecule has 1 fully saturated rings. The lowest BCUT2D eigenvalue weighted by atomic mass is 9.95. The van der Waals surface area contributed by atoms with Gasteiger partial charge in [-0.3, -0.25) is 4.40 Å². The average molecular weight is 564 g/mol. The zero-order chi connectivity index (χ0) is 25.4. The highest BCUT2D eigenvalue weighted by molar-refractivity contribution is 9.10. The van der Waals surface area contributed by atoms with Crippen molar-refractivity contribution in [1.29, 1.82) is 0 Å². The van der Waals surface area contributed by atoms with Crippen LogP contribution in [-0.2, 0) is 0 Å². The summed E-state index contributed by atoms with van der Waals surface area (Å²) in [7, 11) is 1.55. The number of imidazole rings is 1. The Labute approximate surface area is 222 Å². The van der Waals surface area contributed by atoms with Gasteiger partial charge in [0.15, 0.2) is 23.0 Å². The van der Waals surface area contributed by atoms with Gasteiger partial charge < -0.3 is 24.3 Å². The van der Waals surface area contributed by atoms with E-state index in [1.54, 1.807) is 31.4 Å². The summed E-state index contributed by atoms with van der Waals surface area (Å²) >= 11 is 3.59. The van der Waals surface area contributed by atoms with Gasteiger partial charge in [0.1, 0.15) is 17.2 Å². The number of nitrogens with zero attached hydrogens (tertiary/aromatic N) is 2. The van der Waals surface area contributed by atoms with Crippen molar-refractivity contribution in [1.82, 2.24) is 9.38 Å². The Balaban J connectivity index is 1.32. The van der Waals surface area contributed by atoms with Crippen molar-refractivity contribution < 1.29 is 23.7 Å². The molecular formula is C28H26BrN3O5. The summed E-state index contributed by atoms with van der Waals surface area (Å²) in [6.45, 7) is 0.140. The Hall–Kier alpha value is -3.72. The van der Waals surface area contributed by atoms with Gasteiger partial charge in [0.05, 0.1) is 12.7 Å². The molecule has 37 heavy (non-hydrogen) atoms. The first-order valence-corrected chi connectivity index (χ1v) is 13.1. The van der Waals surface area contributed by atoms with E-state index < -0.39 is 5.97 Å². The van der Waals surface area contributed by atoms with Crippen LogP contribution in [0.4, 0.5) is 5.82 Å². The maximum atomic E-state index is 12.9. The van der Waals surface area contributed by atoms with Crippen molar-refractivity contribution in [3.8, 4) is 34.3 Å². The van der Waals surface area contributed by atoms with Crippen molar-refractivity contribution in [2.75, 3.05) is 19.2 Å². The van der Waals surface area contributed by atoms with Crippen LogP contribution >= 0.6 is 15.9 Å². The van der Waals surface area contributed by atoms with E-state index in [9.17, 15) is 4.79 Å². The van der Waals surface area contributed by atoms with Crippen molar-refractivity contribution in [3.05, 3.63) is 64.8 Å². The lowest BCUT2D eigenvalue weighted by Gasteiger charge is -2.24. The van der Waals surface area contributed by atoms with E-state index in [0.717, 1.165) is 40.0 Å². The van der Waals surface area contributed by atoms with E-state index >= 15 is 0 Å². The number of benzene rings is 2. The Bertz CT molecular complexity index is 1480. The third-order valence-electron chi connectivity index (χ3n) is 6.78. The van der Waals surface area contributed by atoms with Crippen LogP contribution in [0.2, 0.25) is 0 Å². The van der Waals surface area contributed by atoms with E-state index in [4.69, 9.17) is 23.9 Å². The maximum absolute atomic E-state index is 12.9. The molecule has 1 saturated carbocycles. The standard InChI is InChI=1S/C28H26BrN3O5/c1-34-23-13-17(7-11-22(23)37-28(33)18-8-10-21-24(14-18)36-16-35-21)26-27(30-20-5-3-2-4-6-20)32-15-19(29)9-12-25(32)31-26/h7-15,20,30H,2-6,16H2,1H3. The first-order valence-electron chi connectivity index (χ1n) is 12.3. The number of carbonyl (C=O) groups excluding carboxylic acids is 1. The van der Waals surface area contributed by atoms with E-state index in [-0.39, 0.29) is 6.79 Å². The third-order valence-corrected chi connectivity index (χ3v) is 7.25. The first kappa shape index (κ1) is 23.7. The monoisotopic (exact) mass is 563 g/mol. The van der Waals surface area contributed by atoms with E-state index in [1.807, 2.05) is 30.5 Å². The van der Waals surface area contributed by atoms with Gasteiger partial charge in [0.2, 0.25) is 6.79 Å². The van der Waals surface area contributed by atoms with Gasteiger partial charge in [-0.1, -0.05) is 19.3 Å². The first-order chi connectivity index (χ1) is 18.1. The number of hydrogen-bond donors (Lipinski definition) is 1. The molecule has 2 aromatic carbocycles. The number of rotatable bonds is 6. The Kier molecular flexibility index (Phi) is 6.38. The molecule has 6 rings (SSSR count). The number of nitrogens with one attached hydrogen (secondary N) is 1. The van der Waals surface area contributed by atoms with Crippen molar-refractivity contribution >= 4 is 33.4 Å². The lowest BCUT2D eigenvalue weighted by Crippen LogP contribution is -2.23. The number of methoxy groups -OCH3 is 1. The van der Waals surface area contributed by atoms with Crippen LogP contribution in [-0.4, -0.2) is 35.3 Å². The molecule has 1 aliphatic heterocycles. The van der Waals surface area contributed by atoms with Gasteiger partial charge >= 0.3 is 5.97 Å². The van der Waals surface area contributed by atoms with Crippen LogP contribution in [0.1, 0.15) is 42.5 Å². The highest BCUT2D eigenvalue weighted by Crippen LogP contribution is 2.38. The topological polar surface area (TPSA) is 83.3 Å². The number of ether oxygens (including phenoxy) is 4. The van der Waals surface area contributed by atoms with Gasteiger partial charge in [-0.15, -0.1) is 0 Å². The summed E-state index contributed by atoms with van der Waals surface area (Å²) in [6, 6.07) is 14.8. The van der Waals surface area contributed by atoms with Crippen LogP contribution in [0.25, 0.3) is 16.9 Å². The van der Waals surface area contributed by atoms with Gasteiger partial charge in [0, 0.05) is 22.3 Å². The summed E-state index contributed by atoms with van der Waals surface area (Å²) < 4.78 is 25.1. The maximum Gasteiger partial charge on any atom is 0.343 e. The molecule has 2 aromatic heterocycles. The summed E-state index contributed by atoms with van der Waals surface area (Å²) in [5, 5.41) is 3.76. The fourth-order valence-electron chi connectivity index (χ4n) is 4.88. The predicted molar refractivity (Wildman–Crippen MR) is 143 cm³/mol. The summed E-state index contributed by atoms with van der Waals surface area (Å²) in [6.07, 6.45) is 8.04. The van der Waals surface area contributed by atoms with Gasteiger partial charge in [-0.05, 0) is 77.3 Å². The lowest BCUT2D eigenvalue weighted by molar-refractivity contribution is 0.0729. The minimum atomic E-state index is -0.512. The van der Waals surface area contributed by atoms with Crippen LogP contribution in [0, 0.1) is 0 Å². The summed E-state index contributed by atoms with van der Waals surface area (Å²) in [5.74, 6) is 2.32. The Morgan fingerprint density at radius 2 is 1.86 bits per heavy atom. The second-order valence-corrected chi connectivity index (χ2v) is 10.1. The summed E-state index contributed by atoms with van der Waals surface area (Å²) in [4.78, 5) is 17.8. The molecule has 190 valence electrons. The second kappa shape index (κ2) is 9.97. The van der Waals surface area contributed by atoms with Crippen LogP contribution in [0.5, 0.6) is 23.0 Å². The van der Waals surface area contributed by atoms with Crippen molar-refractivity contribution in [2.24, 2.45) is 0 Å². The highest BCUT2D eigenvalue weighted by Gasteiger charge is 2.22. The van der Waals surface area contributed by atoms with Gasteiger partial charge in [0.25, 0.3) is 0 Å². The fourth-order valence-corrected chi connectivity index (χ4v) is 5.22. The SMILES string of the molecule is COc1cc(-c2nc3ccc(Br)cn3c2NC2CCCCC2)ccc1OC(=O)c1ccc2c(c1)OCO2. The molecule has 0 spiro atoms. The predicted octanol–water partition coefficient (Wildman–Crippen LogP) is 6.46.